The van der Waals surface area contributed by atoms with Crippen LogP contribution in [0.25, 0.3) is 44.0 Å². The van der Waals surface area contributed by atoms with Crippen molar-refractivity contribution >= 4 is 32.7 Å². The van der Waals surface area contributed by atoms with E-state index in [1.807, 2.05) is 24.4 Å². The third-order valence-corrected chi connectivity index (χ3v) is 6.60. The average Bonchev–Trinajstić information content (AvgIpc) is 3.23. The van der Waals surface area contributed by atoms with Crippen molar-refractivity contribution in [1.29, 1.82) is 0 Å². The molecular formula is C30H23NO. The highest BCUT2D eigenvalue weighted by molar-refractivity contribution is 6.11. The molecule has 0 spiro atoms. The van der Waals surface area contributed by atoms with Crippen molar-refractivity contribution in [2.75, 3.05) is 0 Å². The maximum Gasteiger partial charge on any atom is 0.145 e. The number of para-hydroxylation sites is 1. The van der Waals surface area contributed by atoms with E-state index < -0.39 is 0 Å². The fourth-order valence-corrected chi connectivity index (χ4v) is 4.79. The monoisotopic (exact) mass is 413 g/mol. The second-order valence-corrected chi connectivity index (χ2v) is 8.87. The molecule has 32 heavy (non-hydrogen) atoms. The van der Waals surface area contributed by atoms with Gasteiger partial charge in [0.15, 0.2) is 0 Å². The third-order valence-electron chi connectivity index (χ3n) is 6.60. The van der Waals surface area contributed by atoms with Crippen LogP contribution in [-0.4, -0.2) is 4.98 Å². The molecule has 0 aliphatic heterocycles. The molecular weight excluding hydrogens is 390 g/mol. The lowest BCUT2D eigenvalue weighted by Gasteiger charge is -2.27. The molecule has 0 aliphatic rings. The van der Waals surface area contributed by atoms with Gasteiger partial charge < -0.3 is 4.42 Å². The molecule has 0 unspecified atom stereocenters. The minimum Gasteiger partial charge on any atom is -0.455 e. The Hall–Kier alpha value is -3.91. The second-order valence-electron chi connectivity index (χ2n) is 8.87. The number of aromatic nitrogens is 1. The maximum absolute atomic E-state index is 6.48. The van der Waals surface area contributed by atoms with Gasteiger partial charge in [-0.05, 0) is 34.7 Å². The fraction of sp³-hybridized carbons (Fsp3) is 0.100. The predicted octanol–water partition coefficient (Wildman–Crippen LogP) is 8.13. The zero-order chi connectivity index (χ0) is 21.7. The van der Waals surface area contributed by atoms with Gasteiger partial charge in [-0.1, -0.05) is 92.7 Å². The van der Waals surface area contributed by atoms with E-state index in [0.717, 1.165) is 33.2 Å². The zero-order valence-electron chi connectivity index (χ0n) is 18.2. The van der Waals surface area contributed by atoms with E-state index in [0.29, 0.717) is 0 Å². The highest BCUT2D eigenvalue weighted by atomic mass is 16.3. The van der Waals surface area contributed by atoms with E-state index in [9.17, 15) is 0 Å². The van der Waals surface area contributed by atoms with Gasteiger partial charge in [-0.2, -0.15) is 0 Å². The molecule has 0 aliphatic carbocycles. The van der Waals surface area contributed by atoms with Crippen molar-refractivity contribution < 1.29 is 4.42 Å². The highest BCUT2D eigenvalue weighted by Gasteiger charge is 2.28. The summed E-state index contributed by atoms with van der Waals surface area (Å²) in [6.07, 6.45) is 1.95. The van der Waals surface area contributed by atoms with Gasteiger partial charge in [0.1, 0.15) is 11.2 Å². The molecule has 2 heterocycles. The Morgan fingerprint density at radius 1 is 0.719 bits per heavy atom. The minimum atomic E-state index is -0.179. The summed E-state index contributed by atoms with van der Waals surface area (Å²) in [5.41, 5.74) is 6.11. The van der Waals surface area contributed by atoms with Crippen LogP contribution < -0.4 is 0 Å². The van der Waals surface area contributed by atoms with E-state index in [1.165, 1.54) is 21.9 Å². The predicted molar refractivity (Wildman–Crippen MR) is 133 cm³/mol. The van der Waals surface area contributed by atoms with Crippen molar-refractivity contribution in [3.63, 3.8) is 0 Å². The molecule has 0 N–H and O–H groups in total. The van der Waals surface area contributed by atoms with Crippen molar-refractivity contribution in [3.8, 4) is 11.3 Å². The number of fused-ring (bicyclic) bond motifs is 4. The summed E-state index contributed by atoms with van der Waals surface area (Å²) in [5.74, 6) is 0. The van der Waals surface area contributed by atoms with Crippen LogP contribution >= 0.6 is 0 Å². The average molecular weight is 414 g/mol. The first-order valence-electron chi connectivity index (χ1n) is 11.0. The molecule has 6 aromatic rings. The number of rotatable bonds is 3. The van der Waals surface area contributed by atoms with Crippen molar-refractivity contribution in [1.82, 2.24) is 4.98 Å². The quantitative estimate of drug-likeness (QED) is 0.293. The fourth-order valence-electron chi connectivity index (χ4n) is 4.79. The van der Waals surface area contributed by atoms with E-state index in [4.69, 9.17) is 9.40 Å². The molecule has 0 amide bonds. The Balaban J connectivity index is 1.67. The molecule has 0 radical (unpaired) electrons. The molecule has 154 valence electrons. The Kier molecular flexibility index (Phi) is 4.16. The van der Waals surface area contributed by atoms with Crippen LogP contribution in [0.5, 0.6) is 0 Å². The lowest BCUT2D eigenvalue weighted by Crippen LogP contribution is -2.19. The number of furan rings is 1. The van der Waals surface area contributed by atoms with Gasteiger partial charge in [-0.15, -0.1) is 0 Å². The summed E-state index contributed by atoms with van der Waals surface area (Å²) in [4.78, 5) is 4.79. The van der Waals surface area contributed by atoms with Gasteiger partial charge in [0.25, 0.3) is 0 Å². The SMILES string of the molecule is CC(C)(c1ccccc1)c1ccc(-c2cc3ccccc3cn2)c2oc3ccccc3c12. The Morgan fingerprint density at radius 3 is 2.28 bits per heavy atom. The molecule has 0 atom stereocenters. The van der Waals surface area contributed by atoms with Crippen molar-refractivity contribution in [2.24, 2.45) is 0 Å². The molecule has 6 rings (SSSR count). The molecule has 0 fully saturated rings. The molecule has 0 bridgehead atoms. The minimum absolute atomic E-state index is 0.179. The Morgan fingerprint density at radius 2 is 1.44 bits per heavy atom. The number of benzene rings is 4. The first-order valence-corrected chi connectivity index (χ1v) is 11.0. The Labute approximate surface area is 187 Å². The molecule has 2 nitrogen and oxygen atoms in total. The third kappa shape index (κ3) is 2.84. The molecule has 0 saturated carbocycles. The van der Waals surface area contributed by atoms with Crippen molar-refractivity contribution in [3.05, 3.63) is 114 Å². The summed E-state index contributed by atoms with van der Waals surface area (Å²) < 4.78 is 6.48. The van der Waals surface area contributed by atoms with E-state index >= 15 is 0 Å². The van der Waals surface area contributed by atoms with Gasteiger partial charge in [0.05, 0.1) is 5.69 Å². The van der Waals surface area contributed by atoms with Gasteiger partial charge in [0.2, 0.25) is 0 Å². The van der Waals surface area contributed by atoms with Gasteiger partial charge >= 0.3 is 0 Å². The maximum atomic E-state index is 6.48. The number of hydrogen-bond donors (Lipinski definition) is 0. The van der Waals surface area contributed by atoms with Crippen LogP contribution in [0.3, 0.4) is 0 Å². The number of pyridine rings is 1. The van der Waals surface area contributed by atoms with Crippen LogP contribution in [0.4, 0.5) is 0 Å². The first kappa shape index (κ1) is 18.8. The second kappa shape index (κ2) is 7.06. The standard InChI is InChI=1S/C30H23NO/c1-30(2,22-12-4-3-5-13-22)25-17-16-23(26-18-20-10-6-7-11-21(20)19-31-26)29-28(25)24-14-8-9-15-27(24)32-29/h3-19H,1-2H3. The molecule has 4 aromatic carbocycles. The summed E-state index contributed by atoms with van der Waals surface area (Å²) in [7, 11) is 0. The van der Waals surface area contributed by atoms with Gasteiger partial charge in [0, 0.05) is 33.3 Å². The van der Waals surface area contributed by atoms with Crippen LogP contribution in [0.1, 0.15) is 25.0 Å². The van der Waals surface area contributed by atoms with Gasteiger partial charge in [-0.3, -0.25) is 4.98 Å². The van der Waals surface area contributed by atoms with E-state index in [2.05, 4.69) is 92.7 Å². The van der Waals surface area contributed by atoms with E-state index in [-0.39, 0.29) is 5.41 Å². The summed E-state index contributed by atoms with van der Waals surface area (Å²) in [6.45, 7) is 4.57. The van der Waals surface area contributed by atoms with Crippen LogP contribution in [0.15, 0.2) is 108 Å². The lowest BCUT2D eigenvalue weighted by molar-refractivity contribution is 0.642. The largest absolute Gasteiger partial charge is 0.455 e. The molecule has 0 saturated heterocycles. The van der Waals surface area contributed by atoms with Gasteiger partial charge in [-0.25, -0.2) is 0 Å². The zero-order valence-corrected chi connectivity index (χ0v) is 18.2. The summed E-state index contributed by atoms with van der Waals surface area (Å²) in [6, 6.07) is 33.9. The number of hydrogen-bond acceptors (Lipinski definition) is 2. The van der Waals surface area contributed by atoms with Crippen molar-refractivity contribution in [2.45, 2.75) is 19.3 Å². The lowest BCUT2D eigenvalue weighted by atomic mass is 9.76. The van der Waals surface area contributed by atoms with Crippen LogP contribution in [-0.2, 0) is 5.41 Å². The molecule has 2 heteroatoms. The van der Waals surface area contributed by atoms with Crippen LogP contribution in [0, 0.1) is 0 Å². The number of nitrogens with zero attached hydrogens (tertiary/aromatic N) is 1. The molecule has 2 aromatic heterocycles. The summed E-state index contributed by atoms with van der Waals surface area (Å²) in [5, 5.41) is 4.63. The smallest absolute Gasteiger partial charge is 0.145 e. The summed E-state index contributed by atoms with van der Waals surface area (Å²) >= 11 is 0. The van der Waals surface area contributed by atoms with Crippen LogP contribution in [0.2, 0.25) is 0 Å². The first-order chi connectivity index (χ1) is 15.6. The topological polar surface area (TPSA) is 26.0 Å². The normalized spacial score (nSPS) is 12.1. The van der Waals surface area contributed by atoms with E-state index in [1.54, 1.807) is 0 Å². The Bertz CT molecular complexity index is 1590. The highest BCUT2D eigenvalue weighted by Crippen LogP contribution is 2.43.